The van der Waals surface area contributed by atoms with Crippen molar-refractivity contribution >= 4 is 17.6 Å². The Morgan fingerprint density at radius 2 is 2.00 bits per heavy atom. The number of carbonyl (C=O) groups excluding carboxylic acids is 1. The Morgan fingerprint density at radius 3 is 2.68 bits per heavy atom. The van der Waals surface area contributed by atoms with Gasteiger partial charge in [0.2, 0.25) is 5.91 Å². The highest BCUT2D eigenvalue weighted by Gasteiger charge is 2.57. The van der Waals surface area contributed by atoms with Gasteiger partial charge < -0.3 is 10.4 Å². The monoisotopic (exact) mass is 260 g/mol. The van der Waals surface area contributed by atoms with Crippen molar-refractivity contribution in [2.24, 2.45) is 5.41 Å². The molecule has 0 aliphatic heterocycles. The van der Waals surface area contributed by atoms with Gasteiger partial charge in [-0.05, 0) is 50.2 Å². The quantitative estimate of drug-likeness (QED) is 0.812. The molecule has 1 aromatic heterocycles. The number of rotatable bonds is 3. The third kappa shape index (κ3) is 2.09. The number of anilines is 1. The molecule has 0 saturated heterocycles. The van der Waals surface area contributed by atoms with Crippen LogP contribution in [0.25, 0.3) is 0 Å². The van der Waals surface area contributed by atoms with Crippen molar-refractivity contribution in [1.29, 1.82) is 0 Å². The summed E-state index contributed by atoms with van der Waals surface area (Å²) in [4.78, 5) is 27.4. The smallest absolute Gasteiger partial charge is 0.319 e. The fourth-order valence-corrected chi connectivity index (χ4v) is 2.57. The van der Waals surface area contributed by atoms with Gasteiger partial charge in [0.1, 0.15) is 5.41 Å². The van der Waals surface area contributed by atoms with Crippen LogP contribution in [0.4, 0.5) is 5.69 Å². The maximum atomic E-state index is 12.0. The fraction of sp³-hybridized carbons (Fsp3) is 0.500. The van der Waals surface area contributed by atoms with E-state index < -0.39 is 17.3 Å². The Bertz CT molecular complexity index is 550. The number of aromatic nitrogens is 1. The first kappa shape index (κ1) is 12.1. The lowest BCUT2D eigenvalue weighted by Crippen LogP contribution is -2.31. The van der Waals surface area contributed by atoms with Crippen molar-refractivity contribution in [3.63, 3.8) is 0 Å². The van der Waals surface area contributed by atoms with Gasteiger partial charge in [0.15, 0.2) is 0 Å². The molecule has 2 aliphatic carbocycles. The van der Waals surface area contributed by atoms with Gasteiger partial charge in [-0.2, -0.15) is 0 Å². The van der Waals surface area contributed by atoms with Gasteiger partial charge >= 0.3 is 5.97 Å². The normalized spacial score (nSPS) is 19.4. The van der Waals surface area contributed by atoms with Crippen LogP contribution in [0.2, 0.25) is 0 Å². The number of pyridine rings is 1. The van der Waals surface area contributed by atoms with E-state index in [9.17, 15) is 9.59 Å². The molecule has 0 unspecified atom stereocenters. The fourth-order valence-electron chi connectivity index (χ4n) is 2.57. The van der Waals surface area contributed by atoms with Crippen LogP contribution < -0.4 is 5.32 Å². The van der Waals surface area contributed by atoms with Gasteiger partial charge in [0, 0.05) is 5.69 Å². The highest BCUT2D eigenvalue weighted by atomic mass is 16.4. The number of hydrogen-bond acceptors (Lipinski definition) is 3. The predicted molar refractivity (Wildman–Crippen MR) is 68.8 cm³/mol. The van der Waals surface area contributed by atoms with Gasteiger partial charge in [0.25, 0.3) is 0 Å². The minimum absolute atomic E-state index is 0.419. The largest absolute Gasteiger partial charge is 0.480 e. The minimum atomic E-state index is -1.20. The summed E-state index contributed by atoms with van der Waals surface area (Å²) in [6.45, 7) is 0. The van der Waals surface area contributed by atoms with E-state index in [1.165, 1.54) is 5.56 Å². The zero-order valence-corrected chi connectivity index (χ0v) is 10.6. The van der Waals surface area contributed by atoms with Crippen molar-refractivity contribution < 1.29 is 14.7 Å². The number of carboxylic acid groups (broad SMARTS) is 1. The van der Waals surface area contributed by atoms with Crippen LogP contribution in [0.3, 0.4) is 0 Å². The molecule has 5 heteroatoms. The van der Waals surface area contributed by atoms with E-state index >= 15 is 0 Å². The summed E-state index contributed by atoms with van der Waals surface area (Å²) in [7, 11) is 0. The van der Waals surface area contributed by atoms with Crippen LogP contribution in [0.15, 0.2) is 12.3 Å². The summed E-state index contributed by atoms with van der Waals surface area (Å²) in [5.41, 5.74) is 1.68. The van der Waals surface area contributed by atoms with Gasteiger partial charge in [-0.3, -0.25) is 14.6 Å². The van der Waals surface area contributed by atoms with Crippen molar-refractivity contribution in [3.05, 3.63) is 23.5 Å². The van der Waals surface area contributed by atoms with Gasteiger partial charge in [-0.15, -0.1) is 0 Å². The zero-order valence-electron chi connectivity index (χ0n) is 10.6. The Morgan fingerprint density at radius 1 is 1.26 bits per heavy atom. The van der Waals surface area contributed by atoms with Crippen LogP contribution in [-0.4, -0.2) is 22.0 Å². The first-order valence-electron chi connectivity index (χ1n) is 6.64. The van der Waals surface area contributed by atoms with Gasteiger partial charge in [-0.25, -0.2) is 0 Å². The Kier molecular flexibility index (Phi) is 2.77. The first-order chi connectivity index (χ1) is 9.12. The Hall–Kier alpha value is -1.91. The minimum Gasteiger partial charge on any atom is -0.480 e. The molecule has 5 nitrogen and oxygen atoms in total. The molecule has 1 fully saturated rings. The summed E-state index contributed by atoms with van der Waals surface area (Å²) in [5, 5.41) is 11.8. The molecule has 0 aromatic carbocycles. The first-order valence-corrected chi connectivity index (χ1v) is 6.64. The van der Waals surface area contributed by atoms with Crippen molar-refractivity contribution in [1.82, 2.24) is 4.98 Å². The van der Waals surface area contributed by atoms with Crippen LogP contribution in [0.1, 0.15) is 36.9 Å². The molecule has 0 radical (unpaired) electrons. The van der Waals surface area contributed by atoms with Crippen molar-refractivity contribution in [2.75, 3.05) is 5.32 Å². The lowest BCUT2D eigenvalue weighted by molar-refractivity contribution is -0.147. The molecule has 19 heavy (non-hydrogen) atoms. The molecule has 0 atom stereocenters. The molecule has 0 bridgehead atoms. The number of nitrogens with one attached hydrogen (secondary N) is 1. The molecule has 1 aromatic rings. The highest BCUT2D eigenvalue weighted by molar-refractivity contribution is 6.10. The summed E-state index contributed by atoms with van der Waals surface area (Å²) < 4.78 is 0. The zero-order chi connectivity index (χ0) is 13.5. The Balaban J connectivity index is 1.77. The van der Waals surface area contributed by atoms with Crippen LogP contribution in [0, 0.1) is 5.41 Å². The second kappa shape index (κ2) is 4.33. The maximum absolute atomic E-state index is 12.0. The van der Waals surface area contributed by atoms with E-state index in [2.05, 4.69) is 10.3 Å². The van der Waals surface area contributed by atoms with Crippen LogP contribution >= 0.6 is 0 Å². The number of fused-ring (bicyclic) bond motifs is 1. The summed E-state index contributed by atoms with van der Waals surface area (Å²) in [6, 6.07) is 1.93. The number of hydrogen-bond donors (Lipinski definition) is 2. The molecule has 1 heterocycles. The predicted octanol–water partition coefficient (Wildman–Crippen LogP) is 1.76. The second-order valence-corrected chi connectivity index (χ2v) is 5.38. The number of carbonyl (C=O) groups is 2. The van der Waals surface area contributed by atoms with E-state index in [0.717, 1.165) is 31.4 Å². The average Bonchev–Trinajstić information content (AvgIpc) is 3.20. The molecule has 100 valence electrons. The summed E-state index contributed by atoms with van der Waals surface area (Å²) in [5.74, 6) is -1.45. The number of nitrogens with zero attached hydrogens (tertiary/aromatic N) is 1. The summed E-state index contributed by atoms with van der Waals surface area (Å²) >= 11 is 0. The van der Waals surface area contributed by atoms with Gasteiger partial charge in [0.05, 0.1) is 11.9 Å². The number of aliphatic carboxylic acids is 1. The molecular formula is C14H16N2O3. The number of carboxylic acids is 1. The van der Waals surface area contributed by atoms with Crippen LogP contribution in [0.5, 0.6) is 0 Å². The van der Waals surface area contributed by atoms with Crippen molar-refractivity contribution in [2.45, 2.75) is 38.5 Å². The van der Waals surface area contributed by atoms with E-state index in [4.69, 9.17) is 5.11 Å². The second-order valence-electron chi connectivity index (χ2n) is 5.38. The van der Waals surface area contributed by atoms with E-state index in [1.54, 1.807) is 6.20 Å². The van der Waals surface area contributed by atoms with E-state index in [1.807, 2.05) is 6.07 Å². The Labute approximate surface area is 111 Å². The molecule has 1 amide bonds. The van der Waals surface area contributed by atoms with E-state index in [-0.39, 0.29) is 0 Å². The number of aryl methyl sites for hydroxylation is 2. The molecule has 2 aliphatic rings. The molecular weight excluding hydrogens is 244 g/mol. The topological polar surface area (TPSA) is 79.3 Å². The lowest BCUT2D eigenvalue weighted by atomic mass is 9.96. The lowest BCUT2D eigenvalue weighted by Gasteiger charge is -2.16. The highest BCUT2D eigenvalue weighted by Crippen LogP contribution is 2.46. The third-order valence-electron chi connectivity index (χ3n) is 4.02. The molecule has 0 spiro atoms. The average molecular weight is 260 g/mol. The summed E-state index contributed by atoms with van der Waals surface area (Å²) in [6.07, 6.45) is 6.75. The van der Waals surface area contributed by atoms with Crippen LogP contribution in [-0.2, 0) is 22.4 Å². The van der Waals surface area contributed by atoms with Crippen molar-refractivity contribution in [3.8, 4) is 0 Å². The molecule has 1 saturated carbocycles. The maximum Gasteiger partial charge on any atom is 0.319 e. The standard InChI is InChI=1S/C14H16N2O3/c17-12(14(5-6-14)13(18)19)16-10-7-9-3-1-2-4-11(9)15-8-10/h7-8H,1-6H2,(H,16,17)(H,18,19). The SMILES string of the molecule is O=C(O)C1(C(=O)Nc2cnc3c(c2)CCCC3)CC1. The molecule has 3 rings (SSSR count). The number of amides is 1. The molecule has 2 N–H and O–H groups in total. The third-order valence-corrected chi connectivity index (χ3v) is 4.02. The van der Waals surface area contributed by atoms with E-state index in [0.29, 0.717) is 18.5 Å². The van der Waals surface area contributed by atoms with Gasteiger partial charge in [-0.1, -0.05) is 0 Å².